The van der Waals surface area contributed by atoms with Gasteiger partial charge >= 0.3 is 6.18 Å². The highest BCUT2D eigenvalue weighted by Crippen LogP contribution is 2.41. The molecule has 1 aromatic heterocycles. The lowest BCUT2D eigenvalue weighted by Crippen LogP contribution is -2.41. The third-order valence-corrected chi connectivity index (χ3v) is 7.75. The van der Waals surface area contributed by atoms with Gasteiger partial charge in [0, 0.05) is 36.1 Å². The predicted octanol–water partition coefficient (Wildman–Crippen LogP) is 6.51. The number of benzene rings is 2. The largest absolute Gasteiger partial charge is 0.433 e. The SMILES string of the molecule is FC(F)(F)c1cc(N2CCc3ccccc3C2)nc(NC(=S)NCC2(c3cccc(Cl)c3)CCCC2)n1. The van der Waals surface area contributed by atoms with Gasteiger partial charge in [-0.1, -0.05) is 60.8 Å². The summed E-state index contributed by atoms with van der Waals surface area (Å²) < 4.78 is 41.2. The quantitative estimate of drug-likeness (QED) is 0.356. The Balaban J connectivity index is 1.33. The lowest BCUT2D eigenvalue weighted by atomic mass is 9.79. The van der Waals surface area contributed by atoms with E-state index < -0.39 is 11.9 Å². The van der Waals surface area contributed by atoms with Gasteiger partial charge in [-0.15, -0.1) is 0 Å². The van der Waals surface area contributed by atoms with Crippen molar-refractivity contribution in [2.45, 2.75) is 50.2 Å². The number of nitrogens with zero attached hydrogens (tertiary/aromatic N) is 3. The predicted molar refractivity (Wildman–Crippen MR) is 144 cm³/mol. The average molecular weight is 546 g/mol. The summed E-state index contributed by atoms with van der Waals surface area (Å²) in [5, 5.41) is 6.87. The Bertz CT molecular complexity index is 1290. The first-order valence-electron chi connectivity index (χ1n) is 12.3. The van der Waals surface area contributed by atoms with Crippen molar-refractivity contribution in [3.05, 3.63) is 82.0 Å². The third-order valence-electron chi connectivity index (χ3n) is 7.27. The fraction of sp³-hybridized carbons (Fsp3) is 0.370. The molecular formula is C27H27ClF3N5S. The maximum atomic E-state index is 13.7. The van der Waals surface area contributed by atoms with Crippen LogP contribution >= 0.6 is 23.8 Å². The van der Waals surface area contributed by atoms with Gasteiger partial charge in [0.1, 0.15) is 5.82 Å². The van der Waals surface area contributed by atoms with Crippen LogP contribution in [0, 0.1) is 0 Å². The smallest absolute Gasteiger partial charge is 0.361 e. The molecule has 3 aromatic rings. The van der Waals surface area contributed by atoms with E-state index >= 15 is 0 Å². The summed E-state index contributed by atoms with van der Waals surface area (Å²) in [4.78, 5) is 9.98. The summed E-state index contributed by atoms with van der Waals surface area (Å²) in [5.74, 6) is 0.0396. The van der Waals surface area contributed by atoms with Crippen molar-refractivity contribution >= 4 is 40.7 Å². The van der Waals surface area contributed by atoms with Gasteiger partial charge in [-0.05, 0) is 60.3 Å². The summed E-state index contributed by atoms with van der Waals surface area (Å²) in [6, 6.07) is 16.8. The highest BCUT2D eigenvalue weighted by atomic mass is 35.5. The number of anilines is 2. The minimum atomic E-state index is -4.61. The van der Waals surface area contributed by atoms with E-state index in [0.29, 0.717) is 24.7 Å². The second-order valence-electron chi connectivity index (χ2n) is 9.68. The van der Waals surface area contributed by atoms with Crippen molar-refractivity contribution in [1.82, 2.24) is 15.3 Å². The molecule has 0 atom stereocenters. The van der Waals surface area contributed by atoms with E-state index in [1.165, 1.54) is 5.56 Å². The molecule has 1 aliphatic heterocycles. The van der Waals surface area contributed by atoms with Crippen molar-refractivity contribution < 1.29 is 13.2 Å². The molecule has 5 rings (SSSR count). The van der Waals surface area contributed by atoms with Crippen LogP contribution in [0.1, 0.15) is 48.1 Å². The van der Waals surface area contributed by atoms with Crippen LogP contribution in [0.4, 0.5) is 24.9 Å². The summed E-state index contributed by atoms with van der Waals surface area (Å²) in [5.41, 5.74) is 2.27. The number of rotatable bonds is 5. The van der Waals surface area contributed by atoms with E-state index in [4.69, 9.17) is 23.8 Å². The lowest BCUT2D eigenvalue weighted by molar-refractivity contribution is -0.141. The van der Waals surface area contributed by atoms with Gasteiger partial charge in [0.25, 0.3) is 0 Å². The standard InChI is InChI=1S/C27H27ClF3N5S/c28-21-9-5-8-20(14-21)26(11-3-4-12-26)17-32-25(37)35-24-33-22(27(29,30)31)15-23(34-24)36-13-10-18-6-1-2-7-19(18)16-36/h1-2,5-9,14-15H,3-4,10-13,16-17H2,(H2,32,33,34,35,37). The maximum Gasteiger partial charge on any atom is 0.433 e. The topological polar surface area (TPSA) is 53.1 Å². The molecule has 0 saturated heterocycles. The number of aromatic nitrogens is 2. The highest BCUT2D eigenvalue weighted by Gasteiger charge is 2.37. The van der Waals surface area contributed by atoms with Gasteiger partial charge in [-0.2, -0.15) is 18.2 Å². The monoisotopic (exact) mass is 545 g/mol. The molecule has 2 heterocycles. The molecule has 2 aliphatic rings. The number of hydrogen-bond acceptors (Lipinski definition) is 4. The van der Waals surface area contributed by atoms with Gasteiger partial charge < -0.3 is 15.5 Å². The summed E-state index contributed by atoms with van der Waals surface area (Å²) in [7, 11) is 0. The first kappa shape index (κ1) is 25.7. The van der Waals surface area contributed by atoms with Crippen LogP contribution in [0.5, 0.6) is 0 Å². The van der Waals surface area contributed by atoms with Crippen LogP contribution in [0.15, 0.2) is 54.6 Å². The minimum absolute atomic E-state index is 0.141. The Labute approximate surface area is 224 Å². The zero-order chi connectivity index (χ0) is 26.0. The molecule has 0 unspecified atom stereocenters. The summed E-state index contributed by atoms with van der Waals surface area (Å²) in [6.45, 7) is 1.58. The van der Waals surface area contributed by atoms with E-state index in [9.17, 15) is 13.2 Å². The Kier molecular flexibility index (Phi) is 7.27. The normalized spacial score (nSPS) is 16.8. The highest BCUT2D eigenvalue weighted by molar-refractivity contribution is 7.80. The molecule has 0 radical (unpaired) electrons. The van der Waals surface area contributed by atoms with Crippen molar-refractivity contribution in [2.75, 3.05) is 23.3 Å². The van der Waals surface area contributed by atoms with E-state index in [0.717, 1.165) is 49.3 Å². The number of nitrogens with one attached hydrogen (secondary N) is 2. The molecule has 2 aromatic carbocycles. The van der Waals surface area contributed by atoms with Gasteiger partial charge in [0.2, 0.25) is 5.95 Å². The number of halogens is 4. The van der Waals surface area contributed by atoms with Crippen LogP contribution in [-0.4, -0.2) is 28.2 Å². The molecule has 0 amide bonds. The van der Waals surface area contributed by atoms with E-state index in [1.807, 2.05) is 47.4 Å². The van der Waals surface area contributed by atoms with Crippen LogP contribution in [-0.2, 0) is 24.6 Å². The lowest BCUT2D eigenvalue weighted by Gasteiger charge is -2.31. The fourth-order valence-corrected chi connectivity index (χ4v) is 5.68. The average Bonchev–Trinajstić information content (AvgIpc) is 3.37. The Morgan fingerprint density at radius 1 is 1.03 bits per heavy atom. The Morgan fingerprint density at radius 3 is 2.51 bits per heavy atom. The minimum Gasteiger partial charge on any atom is -0.361 e. The first-order chi connectivity index (χ1) is 17.7. The molecule has 37 heavy (non-hydrogen) atoms. The maximum absolute atomic E-state index is 13.7. The molecule has 1 saturated carbocycles. The van der Waals surface area contributed by atoms with Crippen molar-refractivity contribution in [2.24, 2.45) is 0 Å². The Morgan fingerprint density at radius 2 is 1.78 bits per heavy atom. The van der Waals surface area contributed by atoms with E-state index in [2.05, 4.69) is 26.7 Å². The zero-order valence-corrected chi connectivity index (χ0v) is 21.7. The Hall–Kier alpha value is -2.91. The van der Waals surface area contributed by atoms with Gasteiger partial charge in [-0.25, -0.2) is 4.98 Å². The van der Waals surface area contributed by atoms with Crippen LogP contribution in [0.25, 0.3) is 0 Å². The molecule has 194 valence electrons. The van der Waals surface area contributed by atoms with Crippen molar-refractivity contribution in [1.29, 1.82) is 0 Å². The fourth-order valence-electron chi connectivity index (χ4n) is 5.32. The summed E-state index contributed by atoms with van der Waals surface area (Å²) in [6.07, 6.45) is 0.251. The van der Waals surface area contributed by atoms with Gasteiger partial charge in [-0.3, -0.25) is 0 Å². The van der Waals surface area contributed by atoms with Crippen LogP contribution in [0.3, 0.4) is 0 Å². The van der Waals surface area contributed by atoms with Crippen LogP contribution < -0.4 is 15.5 Å². The van der Waals surface area contributed by atoms with E-state index in [1.54, 1.807) is 0 Å². The number of thiocarbonyl (C=S) groups is 1. The zero-order valence-electron chi connectivity index (χ0n) is 20.1. The molecule has 2 N–H and O–H groups in total. The second kappa shape index (κ2) is 10.5. The number of hydrogen-bond donors (Lipinski definition) is 2. The molecule has 0 spiro atoms. The van der Waals surface area contributed by atoms with E-state index in [-0.39, 0.29) is 22.3 Å². The molecule has 10 heteroatoms. The number of alkyl halides is 3. The molecule has 1 aliphatic carbocycles. The van der Waals surface area contributed by atoms with Crippen molar-refractivity contribution in [3.8, 4) is 0 Å². The first-order valence-corrected chi connectivity index (χ1v) is 13.1. The van der Waals surface area contributed by atoms with Crippen molar-refractivity contribution in [3.63, 3.8) is 0 Å². The van der Waals surface area contributed by atoms with Gasteiger partial charge in [0.15, 0.2) is 10.8 Å². The number of fused-ring (bicyclic) bond motifs is 1. The second-order valence-corrected chi connectivity index (χ2v) is 10.5. The summed E-state index contributed by atoms with van der Waals surface area (Å²) >= 11 is 11.7. The molecule has 1 fully saturated rings. The third kappa shape index (κ3) is 5.83. The van der Waals surface area contributed by atoms with Gasteiger partial charge in [0.05, 0.1) is 0 Å². The van der Waals surface area contributed by atoms with Crippen LogP contribution in [0.2, 0.25) is 5.02 Å². The molecule has 0 bridgehead atoms. The molecular weight excluding hydrogens is 519 g/mol. The molecule has 5 nitrogen and oxygen atoms in total.